The summed E-state index contributed by atoms with van der Waals surface area (Å²) < 4.78 is 8.13. The number of rotatable bonds is 4. The van der Waals surface area contributed by atoms with Gasteiger partial charge in [0.05, 0.1) is 11.9 Å². The lowest BCUT2D eigenvalue weighted by atomic mass is 10.1. The van der Waals surface area contributed by atoms with Crippen LogP contribution in [0.15, 0.2) is 58.0 Å². The number of aromatic amines is 1. The average Bonchev–Trinajstić information content (AvgIpc) is 3.48. The molecule has 11 heteroatoms. The predicted octanol–water partition coefficient (Wildman–Crippen LogP) is 2.06. The fourth-order valence-electron chi connectivity index (χ4n) is 3.17. The number of amides is 1. The molecule has 31 heavy (non-hydrogen) atoms. The second kappa shape index (κ2) is 7.06. The number of nitrogens with one attached hydrogen (secondary N) is 2. The van der Waals surface area contributed by atoms with E-state index in [1.54, 1.807) is 26.1 Å². The van der Waals surface area contributed by atoms with Crippen LogP contribution in [0.1, 0.15) is 16.2 Å². The van der Waals surface area contributed by atoms with E-state index >= 15 is 0 Å². The Hall–Kier alpha value is -4.54. The van der Waals surface area contributed by atoms with Crippen molar-refractivity contribution in [2.75, 3.05) is 5.32 Å². The van der Waals surface area contributed by atoms with Crippen LogP contribution in [-0.4, -0.2) is 40.6 Å². The summed E-state index contributed by atoms with van der Waals surface area (Å²) in [5, 5.41) is 15.3. The van der Waals surface area contributed by atoms with Crippen molar-refractivity contribution in [3.8, 4) is 17.3 Å². The van der Waals surface area contributed by atoms with Crippen molar-refractivity contribution in [3.05, 3.63) is 70.4 Å². The zero-order chi connectivity index (χ0) is 21.5. The van der Waals surface area contributed by atoms with Crippen molar-refractivity contribution in [1.29, 1.82) is 0 Å². The van der Waals surface area contributed by atoms with Crippen LogP contribution in [0.3, 0.4) is 0 Å². The highest BCUT2D eigenvalue weighted by molar-refractivity contribution is 6.03. The van der Waals surface area contributed by atoms with Crippen LogP contribution in [0.4, 0.5) is 5.82 Å². The number of H-pyrrole nitrogens is 1. The van der Waals surface area contributed by atoms with Gasteiger partial charge in [0.15, 0.2) is 17.1 Å². The summed E-state index contributed by atoms with van der Waals surface area (Å²) in [5.41, 5.74) is 1.57. The van der Waals surface area contributed by atoms with Gasteiger partial charge in [0.1, 0.15) is 11.2 Å². The average molecular weight is 416 g/mol. The lowest BCUT2D eigenvalue weighted by Gasteiger charge is -2.07. The quantitative estimate of drug-likeness (QED) is 0.457. The molecule has 1 aromatic carbocycles. The standard InChI is InChI=1S/C20H16N8O3/c1-11-8-16(22-19(30)14-9-15(31-26-14)12-6-4-3-5-7-12)28(25-11)20-23-17-13(18(29)24-20)10-21-27(17)2/h3-10H,1-2H3,(H,22,30)(H,23,24,29). The van der Waals surface area contributed by atoms with Gasteiger partial charge < -0.3 is 9.84 Å². The van der Waals surface area contributed by atoms with Gasteiger partial charge in [-0.1, -0.05) is 35.5 Å². The number of carbonyl (C=O) groups is 1. The van der Waals surface area contributed by atoms with E-state index in [1.165, 1.54) is 15.6 Å². The fourth-order valence-corrected chi connectivity index (χ4v) is 3.17. The first-order chi connectivity index (χ1) is 15.0. The summed E-state index contributed by atoms with van der Waals surface area (Å²) in [6.07, 6.45) is 1.44. The second-order valence-electron chi connectivity index (χ2n) is 6.87. The maximum Gasteiger partial charge on any atom is 0.279 e. The molecule has 0 aliphatic heterocycles. The van der Waals surface area contributed by atoms with Crippen LogP contribution in [0.5, 0.6) is 0 Å². The number of anilines is 1. The molecule has 11 nitrogen and oxygen atoms in total. The van der Waals surface area contributed by atoms with Gasteiger partial charge in [-0.2, -0.15) is 19.9 Å². The number of fused-ring (bicyclic) bond motifs is 1. The maximum absolute atomic E-state index is 12.8. The van der Waals surface area contributed by atoms with Crippen LogP contribution < -0.4 is 10.9 Å². The Balaban J connectivity index is 1.48. The van der Waals surface area contributed by atoms with E-state index in [0.29, 0.717) is 28.3 Å². The van der Waals surface area contributed by atoms with E-state index in [4.69, 9.17) is 4.52 Å². The van der Waals surface area contributed by atoms with Crippen molar-refractivity contribution in [2.24, 2.45) is 7.05 Å². The first-order valence-corrected chi connectivity index (χ1v) is 9.32. The van der Waals surface area contributed by atoms with Gasteiger partial charge in [-0.25, -0.2) is 0 Å². The molecule has 1 amide bonds. The van der Waals surface area contributed by atoms with Gasteiger partial charge >= 0.3 is 0 Å². The minimum atomic E-state index is -0.490. The Bertz CT molecular complexity index is 1480. The number of benzene rings is 1. The molecule has 0 atom stereocenters. The topological polar surface area (TPSA) is 137 Å². The minimum Gasteiger partial charge on any atom is -0.355 e. The fraction of sp³-hybridized carbons (Fsp3) is 0.100. The van der Waals surface area contributed by atoms with E-state index in [9.17, 15) is 9.59 Å². The highest BCUT2D eigenvalue weighted by Crippen LogP contribution is 2.21. The van der Waals surface area contributed by atoms with E-state index < -0.39 is 5.91 Å². The largest absolute Gasteiger partial charge is 0.355 e. The van der Waals surface area contributed by atoms with Crippen molar-refractivity contribution in [1.82, 2.24) is 34.7 Å². The Labute approximate surface area is 174 Å². The monoisotopic (exact) mass is 416 g/mol. The molecule has 4 aromatic heterocycles. The van der Waals surface area contributed by atoms with Crippen molar-refractivity contribution < 1.29 is 9.32 Å². The molecule has 0 unspecified atom stereocenters. The van der Waals surface area contributed by atoms with Crippen LogP contribution >= 0.6 is 0 Å². The third-order valence-corrected chi connectivity index (χ3v) is 4.66. The summed E-state index contributed by atoms with van der Waals surface area (Å²) in [5.74, 6) is 0.449. The summed E-state index contributed by atoms with van der Waals surface area (Å²) >= 11 is 0. The lowest BCUT2D eigenvalue weighted by Crippen LogP contribution is -2.19. The number of aryl methyl sites for hydroxylation is 2. The SMILES string of the molecule is Cc1cc(NC(=O)c2cc(-c3ccccc3)on2)n(-c2nc3c(cnn3C)c(=O)[nH]2)n1. The van der Waals surface area contributed by atoms with Crippen molar-refractivity contribution in [3.63, 3.8) is 0 Å². The van der Waals surface area contributed by atoms with Gasteiger partial charge in [0.25, 0.3) is 11.5 Å². The Kier molecular flexibility index (Phi) is 4.21. The molecule has 0 aliphatic rings. The minimum absolute atomic E-state index is 0.104. The van der Waals surface area contributed by atoms with Gasteiger partial charge in [-0.05, 0) is 6.92 Å². The summed E-state index contributed by atoms with van der Waals surface area (Å²) in [6.45, 7) is 1.76. The van der Waals surface area contributed by atoms with E-state index in [0.717, 1.165) is 5.56 Å². The molecule has 0 fully saturated rings. The highest BCUT2D eigenvalue weighted by Gasteiger charge is 2.19. The zero-order valence-corrected chi connectivity index (χ0v) is 16.5. The first kappa shape index (κ1) is 18.5. The van der Waals surface area contributed by atoms with Gasteiger partial charge in [-0.3, -0.25) is 19.3 Å². The van der Waals surface area contributed by atoms with Gasteiger partial charge in [-0.15, -0.1) is 0 Å². The first-order valence-electron chi connectivity index (χ1n) is 9.32. The predicted molar refractivity (Wildman–Crippen MR) is 111 cm³/mol. The second-order valence-corrected chi connectivity index (χ2v) is 6.87. The Morgan fingerprint density at radius 1 is 1.19 bits per heavy atom. The molecular formula is C20H16N8O3. The molecular weight excluding hydrogens is 400 g/mol. The number of hydrogen-bond acceptors (Lipinski definition) is 7. The number of nitrogens with zero attached hydrogens (tertiary/aromatic N) is 6. The molecule has 0 bridgehead atoms. The van der Waals surface area contributed by atoms with Crippen LogP contribution in [0, 0.1) is 6.92 Å². The van der Waals surface area contributed by atoms with Crippen LogP contribution in [0.2, 0.25) is 0 Å². The van der Waals surface area contributed by atoms with Crippen molar-refractivity contribution in [2.45, 2.75) is 6.92 Å². The number of aromatic nitrogens is 7. The maximum atomic E-state index is 12.8. The van der Waals surface area contributed by atoms with E-state index in [-0.39, 0.29) is 17.2 Å². The van der Waals surface area contributed by atoms with Crippen molar-refractivity contribution >= 4 is 22.8 Å². The summed E-state index contributed by atoms with van der Waals surface area (Å²) in [4.78, 5) is 32.2. The number of carbonyl (C=O) groups excluding carboxylic acids is 1. The summed E-state index contributed by atoms with van der Waals surface area (Å²) in [6, 6.07) is 12.5. The highest BCUT2D eigenvalue weighted by atomic mass is 16.5. The van der Waals surface area contributed by atoms with E-state index in [2.05, 4.69) is 30.6 Å². The number of hydrogen-bond donors (Lipinski definition) is 2. The molecule has 4 heterocycles. The lowest BCUT2D eigenvalue weighted by molar-refractivity contribution is 0.101. The van der Waals surface area contributed by atoms with Crippen LogP contribution in [-0.2, 0) is 7.05 Å². The van der Waals surface area contributed by atoms with Gasteiger partial charge in [0.2, 0.25) is 5.95 Å². The van der Waals surface area contributed by atoms with Gasteiger partial charge in [0, 0.05) is 24.7 Å². The molecule has 5 rings (SSSR count). The molecule has 0 spiro atoms. The van der Waals surface area contributed by atoms with E-state index in [1.807, 2.05) is 30.3 Å². The zero-order valence-electron chi connectivity index (χ0n) is 16.5. The smallest absolute Gasteiger partial charge is 0.279 e. The molecule has 0 aliphatic carbocycles. The Morgan fingerprint density at radius 2 is 2.00 bits per heavy atom. The normalized spacial score (nSPS) is 11.2. The third-order valence-electron chi connectivity index (χ3n) is 4.66. The summed E-state index contributed by atoms with van der Waals surface area (Å²) in [7, 11) is 1.68. The molecule has 154 valence electrons. The Morgan fingerprint density at radius 3 is 2.81 bits per heavy atom. The molecule has 0 radical (unpaired) electrons. The van der Waals surface area contributed by atoms with Crippen LogP contribution in [0.25, 0.3) is 28.3 Å². The third kappa shape index (κ3) is 3.27. The molecule has 5 aromatic rings. The molecule has 0 saturated carbocycles. The molecule has 0 saturated heterocycles. The molecule has 2 N–H and O–H groups in total.